The van der Waals surface area contributed by atoms with Gasteiger partial charge >= 0.3 is 5.97 Å². The molecule has 18 heavy (non-hydrogen) atoms. The zero-order chi connectivity index (χ0) is 13.4. The van der Waals surface area contributed by atoms with Crippen LogP contribution in [0.3, 0.4) is 0 Å². The molecule has 0 aliphatic carbocycles. The van der Waals surface area contributed by atoms with Gasteiger partial charge in [-0.15, -0.1) is 0 Å². The van der Waals surface area contributed by atoms with E-state index in [4.69, 9.17) is 16.1 Å². The molecular formula is C14H12N2O2. The summed E-state index contributed by atoms with van der Waals surface area (Å²) in [7, 11) is 0. The molecule has 0 bridgehead atoms. The van der Waals surface area contributed by atoms with Crippen molar-refractivity contribution in [3.8, 4) is 6.07 Å². The Morgan fingerprint density at radius 3 is 2.44 bits per heavy atom. The summed E-state index contributed by atoms with van der Waals surface area (Å²) in [5.41, 5.74) is 6.93. The Labute approximate surface area is 105 Å². The number of hydrogen-bond donors (Lipinski definition) is 2. The van der Waals surface area contributed by atoms with E-state index in [1.165, 1.54) is 12.2 Å². The minimum atomic E-state index is -1.23. The summed E-state index contributed by atoms with van der Waals surface area (Å²) in [6.45, 7) is 0. The van der Waals surface area contributed by atoms with Gasteiger partial charge in [0.15, 0.2) is 0 Å². The van der Waals surface area contributed by atoms with E-state index in [9.17, 15) is 4.79 Å². The molecule has 0 atom stereocenters. The first kappa shape index (κ1) is 13.3. The summed E-state index contributed by atoms with van der Waals surface area (Å²) in [4.78, 5) is 10.5. The average molecular weight is 240 g/mol. The van der Waals surface area contributed by atoms with Gasteiger partial charge in [0.1, 0.15) is 11.6 Å². The molecule has 1 aromatic carbocycles. The highest BCUT2D eigenvalue weighted by atomic mass is 16.4. The Morgan fingerprint density at radius 1 is 1.22 bits per heavy atom. The van der Waals surface area contributed by atoms with Crippen molar-refractivity contribution >= 4 is 17.7 Å². The van der Waals surface area contributed by atoms with Gasteiger partial charge in [0.25, 0.3) is 0 Å². The van der Waals surface area contributed by atoms with E-state index in [2.05, 4.69) is 0 Å². The third kappa shape index (κ3) is 4.37. The molecule has 4 heteroatoms. The van der Waals surface area contributed by atoms with E-state index in [-0.39, 0.29) is 5.57 Å². The molecular weight excluding hydrogens is 228 g/mol. The van der Waals surface area contributed by atoms with E-state index >= 15 is 0 Å². The molecule has 0 radical (unpaired) electrons. The Bertz CT molecular complexity index is 546. The summed E-state index contributed by atoms with van der Waals surface area (Å²) < 4.78 is 0. The lowest BCUT2D eigenvalue weighted by Crippen LogP contribution is -1.96. The maximum absolute atomic E-state index is 10.5. The lowest BCUT2D eigenvalue weighted by Gasteiger charge is -1.93. The minimum Gasteiger partial charge on any atom is -0.477 e. The fraction of sp³-hybridized carbons (Fsp3) is 0. The lowest BCUT2D eigenvalue weighted by molar-refractivity contribution is -0.132. The number of aliphatic carboxylic acids is 1. The van der Waals surface area contributed by atoms with Crippen molar-refractivity contribution in [2.75, 3.05) is 5.73 Å². The van der Waals surface area contributed by atoms with Gasteiger partial charge < -0.3 is 10.8 Å². The van der Waals surface area contributed by atoms with Crippen LogP contribution < -0.4 is 5.73 Å². The number of nitrogens with zero attached hydrogens (tertiary/aromatic N) is 1. The highest BCUT2D eigenvalue weighted by Crippen LogP contribution is 2.06. The van der Waals surface area contributed by atoms with Crippen LogP contribution in [0.25, 0.3) is 6.08 Å². The Morgan fingerprint density at radius 2 is 1.89 bits per heavy atom. The Hall–Kier alpha value is -2.80. The van der Waals surface area contributed by atoms with Gasteiger partial charge in [0, 0.05) is 5.69 Å². The Kier molecular flexibility index (Phi) is 4.95. The van der Waals surface area contributed by atoms with Crippen molar-refractivity contribution in [1.82, 2.24) is 0 Å². The summed E-state index contributed by atoms with van der Waals surface area (Å²) in [6, 6.07) is 8.91. The Balaban J connectivity index is 2.63. The van der Waals surface area contributed by atoms with Gasteiger partial charge in [-0.25, -0.2) is 4.79 Å². The molecule has 0 aliphatic heterocycles. The normalized spacial score (nSPS) is 11.8. The van der Waals surface area contributed by atoms with Gasteiger partial charge in [0.05, 0.1) is 0 Å². The number of anilines is 1. The van der Waals surface area contributed by atoms with Gasteiger partial charge in [-0.2, -0.15) is 5.26 Å². The van der Waals surface area contributed by atoms with E-state index in [1.54, 1.807) is 30.4 Å². The van der Waals surface area contributed by atoms with E-state index < -0.39 is 5.97 Å². The highest BCUT2D eigenvalue weighted by molar-refractivity contribution is 5.91. The van der Waals surface area contributed by atoms with Crippen LogP contribution in [0.15, 0.2) is 54.1 Å². The fourth-order valence-electron chi connectivity index (χ4n) is 1.15. The maximum Gasteiger partial charge on any atom is 0.346 e. The van der Waals surface area contributed by atoms with E-state index in [1.807, 2.05) is 18.2 Å². The number of hydrogen-bond acceptors (Lipinski definition) is 3. The first-order valence-electron chi connectivity index (χ1n) is 5.17. The number of carbonyl (C=O) groups is 1. The third-order valence-electron chi connectivity index (χ3n) is 2.06. The van der Waals surface area contributed by atoms with Crippen LogP contribution in [0.2, 0.25) is 0 Å². The zero-order valence-electron chi connectivity index (χ0n) is 9.58. The predicted molar refractivity (Wildman–Crippen MR) is 70.4 cm³/mol. The summed E-state index contributed by atoms with van der Waals surface area (Å²) in [5.74, 6) is -1.23. The quantitative estimate of drug-likeness (QED) is 0.366. The molecule has 0 spiro atoms. The lowest BCUT2D eigenvalue weighted by atomic mass is 10.2. The number of benzene rings is 1. The van der Waals surface area contributed by atoms with E-state index in [0.717, 1.165) is 5.56 Å². The molecule has 0 fully saturated rings. The third-order valence-corrected chi connectivity index (χ3v) is 2.06. The first-order valence-corrected chi connectivity index (χ1v) is 5.17. The summed E-state index contributed by atoms with van der Waals surface area (Å²) in [6.07, 6.45) is 7.99. The van der Waals surface area contributed by atoms with Crippen LogP contribution in [0, 0.1) is 11.3 Å². The van der Waals surface area contributed by atoms with Crippen molar-refractivity contribution < 1.29 is 9.90 Å². The molecule has 0 unspecified atom stereocenters. The van der Waals surface area contributed by atoms with Crippen LogP contribution in [-0.2, 0) is 4.79 Å². The van der Waals surface area contributed by atoms with Gasteiger partial charge in [0.2, 0.25) is 0 Å². The molecule has 1 rings (SSSR count). The first-order chi connectivity index (χ1) is 8.63. The molecule has 90 valence electrons. The molecule has 1 aromatic rings. The van der Waals surface area contributed by atoms with Crippen molar-refractivity contribution in [2.45, 2.75) is 0 Å². The molecule has 0 amide bonds. The number of allylic oxidation sites excluding steroid dienone is 4. The predicted octanol–water partition coefficient (Wildman–Crippen LogP) is 2.37. The van der Waals surface area contributed by atoms with Crippen molar-refractivity contribution in [3.63, 3.8) is 0 Å². The number of carboxylic acid groups (broad SMARTS) is 1. The van der Waals surface area contributed by atoms with Crippen molar-refractivity contribution in [1.29, 1.82) is 5.26 Å². The minimum absolute atomic E-state index is 0.299. The zero-order valence-corrected chi connectivity index (χ0v) is 9.58. The van der Waals surface area contributed by atoms with E-state index in [0.29, 0.717) is 5.69 Å². The average Bonchev–Trinajstić information content (AvgIpc) is 2.35. The number of carboxylic acids is 1. The second-order valence-electron chi connectivity index (χ2n) is 3.41. The van der Waals surface area contributed by atoms with Crippen LogP contribution in [0.4, 0.5) is 5.69 Å². The van der Waals surface area contributed by atoms with Crippen LogP contribution in [0.5, 0.6) is 0 Å². The van der Waals surface area contributed by atoms with Gasteiger partial charge in [-0.05, 0) is 23.8 Å². The number of nitrogens with two attached hydrogens (primary N) is 1. The number of rotatable bonds is 4. The van der Waals surface area contributed by atoms with Crippen LogP contribution in [-0.4, -0.2) is 11.1 Å². The highest BCUT2D eigenvalue weighted by Gasteiger charge is 2.01. The maximum atomic E-state index is 10.5. The SMILES string of the molecule is N#C\C(=C/C=C/C=C/c1ccc(N)cc1)C(=O)O. The molecule has 0 aliphatic rings. The topological polar surface area (TPSA) is 87.1 Å². The smallest absolute Gasteiger partial charge is 0.346 e. The number of nitrogen functional groups attached to an aromatic ring is 1. The van der Waals surface area contributed by atoms with Gasteiger partial charge in [-0.1, -0.05) is 36.4 Å². The molecule has 0 aromatic heterocycles. The van der Waals surface area contributed by atoms with Crippen molar-refractivity contribution in [2.24, 2.45) is 0 Å². The molecule has 3 N–H and O–H groups in total. The fourth-order valence-corrected chi connectivity index (χ4v) is 1.15. The second-order valence-corrected chi connectivity index (χ2v) is 3.41. The van der Waals surface area contributed by atoms with Gasteiger partial charge in [-0.3, -0.25) is 0 Å². The van der Waals surface area contributed by atoms with Crippen LogP contribution in [0.1, 0.15) is 5.56 Å². The van der Waals surface area contributed by atoms with Crippen LogP contribution >= 0.6 is 0 Å². The standard InChI is InChI=1S/C14H12N2O2/c15-10-12(14(17)18)5-3-1-2-4-11-6-8-13(16)9-7-11/h1-9H,16H2,(H,17,18)/b3-1+,4-2+,12-5+. The monoisotopic (exact) mass is 240 g/mol. The molecule has 4 nitrogen and oxygen atoms in total. The molecule has 0 saturated heterocycles. The number of nitriles is 1. The van der Waals surface area contributed by atoms with Crippen molar-refractivity contribution in [3.05, 3.63) is 59.7 Å². The molecule has 0 saturated carbocycles. The summed E-state index contributed by atoms with van der Waals surface area (Å²) in [5, 5.41) is 17.1. The summed E-state index contributed by atoms with van der Waals surface area (Å²) >= 11 is 0. The molecule has 0 heterocycles. The largest absolute Gasteiger partial charge is 0.477 e. The second kappa shape index (κ2) is 6.71.